The van der Waals surface area contributed by atoms with Crippen LogP contribution in [0.1, 0.15) is 6.92 Å². The molecule has 4 N–H and O–H groups in total. The molecule has 0 aromatic carbocycles. The molecule has 0 spiro atoms. The highest BCUT2D eigenvalue weighted by atomic mass is 16.6. The lowest BCUT2D eigenvalue weighted by atomic mass is 10.1. The minimum Gasteiger partial charge on any atom is -0.394 e. The van der Waals surface area contributed by atoms with Crippen molar-refractivity contribution < 1.29 is 25.2 Å². The zero-order valence-electron chi connectivity index (χ0n) is 6.79. The molecule has 5 nitrogen and oxygen atoms in total. The Hall–Kier alpha value is -0.200. The van der Waals surface area contributed by atoms with Crippen molar-refractivity contribution in [2.45, 2.75) is 37.4 Å². The van der Waals surface area contributed by atoms with Gasteiger partial charge in [0.15, 0.2) is 0 Å². The van der Waals surface area contributed by atoms with Gasteiger partial charge in [-0.05, 0) is 6.92 Å². The monoisotopic (exact) mass is 178 g/mol. The maximum absolute atomic E-state index is 9.28. The first-order valence-corrected chi connectivity index (χ1v) is 3.88. The molecular formula is C7H14O5. The van der Waals surface area contributed by atoms with Gasteiger partial charge in [-0.2, -0.15) is 0 Å². The summed E-state index contributed by atoms with van der Waals surface area (Å²) in [5.74, 6) is 0. The lowest BCUT2D eigenvalue weighted by Crippen LogP contribution is -2.40. The first-order chi connectivity index (χ1) is 5.57. The van der Waals surface area contributed by atoms with Crippen molar-refractivity contribution in [3.8, 4) is 0 Å². The molecule has 1 fully saturated rings. The van der Waals surface area contributed by atoms with Crippen LogP contribution in [0.5, 0.6) is 0 Å². The molecule has 72 valence electrons. The Balaban J connectivity index is 2.58. The van der Waals surface area contributed by atoms with Crippen LogP contribution in [0.4, 0.5) is 0 Å². The van der Waals surface area contributed by atoms with Crippen molar-refractivity contribution in [1.82, 2.24) is 0 Å². The second-order valence-corrected chi connectivity index (χ2v) is 3.04. The summed E-state index contributed by atoms with van der Waals surface area (Å²) in [5.41, 5.74) is 0. The van der Waals surface area contributed by atoms with E-state index in [1.165, 1.54) is 0 Å². The van der Waals surface area contributed by atoms with Crippen LogP contribution in [0.25, 0.3) is 0 Å². The van der Waals surface area contributed by atoms with E-state index in [4.69, 9.17) is 14.9 Å². The molecule has 1 rings (SSSR count). The molecule has 0 aromatic heterocycles. The zero-order valence-corrected chi connectivity index (χ0v) is 6.79. The summed E-state index contributed by atoms with van der Waals surface area (Å²) in [4.78, 5) is 0. The molecule has 1 heterocycles. The van der Waals surface area contributed by atoms with Gasteiger partial charge in [0.05, 0.1) is 12.7 Å². The fourth-order valence-corrected chi connectivity index (χ4v) is 1.30. The molecule has 1 aliphatic heterocycles. The highest BCUT2D eigenvalue weighted by Gasteiger charge is 2.43. The normalized spacial score (nSPS) is 44.8. The van der Waals surface area contributed by atoms with Gasteiger partial charge < -0.3 is 25.2 Å². The molecule has 0 aromatic rings. The maximum Gasteiger partial charge on any atom is 0.115 e. The van der Waals surface area contributed by atoms with E-state index in [1.807, 2.05) is 0 Å². The average Bonchev–Trinajstić information content (AvgIpc) is 2.32. The number of rotatable bonds is 2. The molecule has 0 bridgehead atoms. The molecular weight excluding hydrogens is 164 g/mol. The molecule has 0 radical (unpaired) electrons. The van der Waals surface area contributed by atoms with Crippen molar-refractivity contribution in [2.24, 2.45) is 0 Å². The fourth-order valence-electron chi connectivity index (χ4n) is 1.30. The van der Waals surface area contributed by atoms with Gasteiger partial charge in [0, 0.05) is 0 Å². The van der Waals surface area contributed by atoms with Gasteiger partial charge in [0.1, 0.15) is 24.4 Å². The maximum atomic E-state index is 9.28. The standard InChI is InChI=1S/C7H14O5/c1-3-5(10)6(11)7(12-3)4(9)2-8/h3-11H,2H2,1H3/t3-,4-,5+,6+,7+/m1/s1. The Bertz CT molecular complexity index is 151. The SMILES string of the molecule is C[C@H]1O[C@@H]([C@H](O)CO)[C@@H](O)[C@H]1O. The number of hydrogen-bond acceptors (Lipinski definition) is 5. The van der Waals surface area contributed by atoms with Crippen LogP contribution in [-0.2, 0) is 4.74 Å². The number of hydrogen-bond donors (Lipinski definition) is 4. The van der Waals surface area contributed by atoms with Gasteiger partial charge in [-0.3, -0.25) is 0 Å². The van der Waals surface area contributed by atoms with Gasteiger partial charge in [-0.25, -0.2) is 0 Å². The van der Waals surface area contributed by atoms with E-state index >= 15 is 0 Å². The molecule has 5 heteroatoms. The first kappa shape index (κ1) is 9.88. The number of ether oxygens (including phenoxy) is 1. The molecule has 5 atom stereocenters. The van der Waals surface area contributed by atoms with Crippen LogP contribution in [-0.4, -0.2) is 57.6 Å². The molecule has 1 aliphatic rings. The van der Waals surface area contributed by atoms with E-state index in [-0.39, 0.29) is 0 Å². The number of aliphatic hydroxyl groups is 4. The second kappa shape index (κ2) is 3.68. The summed E-state index contributed by atoms with van der Waals surface area (Å²) >= 11 is 0. The van der Waals surface area contributed by atoms with Gasteiger partial charge in [0.25, 0.3) is 0 Å². The molecule has 12 heavy (non-hydrogen) atoms. The van der Waals surface area contributed by atoms with Crippen LogP contribution < -0.4 is 0 Å². The van der Waals surface area contributed by atoms with E-state index in [1.54, 1.807) is 6.92 Å². The highest BCUT2D eigenvalue weighted by Crippen LogP contribution is 2.22. The summed E-state index contributed by atoms with van der Waals surface area (Å²) in [6.45, 7) is 1.11. The molecule has 0 amide bonds. The van der Waals surface area contributed by atoms with E-state index < -0.39 is 37.1 Å². The molecule has 1 saturated heterocycles. The van der Waals surface area contributed by atoms with Crippen molar-refractivity contribution in [3.63, 3.8) is 0 Å². The summed E-state index contributed by atoms with van der Waals surface area (Å²) in [6.07, 6.45) is -4.65. The Morgan fingerprint density at radius 3 is 2.25 bits per heavy atom. The predicted molar refractivity (Wildman–Crippen MR) is 39.4 cm³/mol. The van der Waals surface area contributed by atoms with E-state index in [2.05, 4.69) is 0 Å². The van der Waals surface area contributed by atoms with Gasteiger partial charge >= 0.3 is 0 Å². The Morgan fingerprint density at radius 1 is 1.33 bits per heavy atom. The van der Waals surface area contributed by atoms with Crippen LogP contribution in [0.15, 0.2) is 0 Å². The Morgan fingerprint density at radius 2 is 1.92 bits per heavy atom. The molecule has 0 unspecified atom stereocenters. The number of aliphatic hydroxyl groups excluding tert-OH is 4. The average molecular weight is 178 g/mol. The van der Waals surface area contributed by atoms with Gasteiger partial charge in [0.2, 0.25) is 0 Å². The van der Waals surface area contributed by atoms with E-state index in [0.29, 0.717) is 0 Å². The van der Waals surface area contributed by atoms with Gasteiger partial charge in [-0.15, -0.1) is 0 Å². The van der Waals surface area contributed by atoms with Crippen LogP contribution in [0, 0.1) is 0 Å². The third kappa shape index (κ3) is 1.60. The molecule has 0 saturated carbocycles. The zero-order chi connectivity index (χ0) is 9.30. The molecule has 0 aliphatic carbocycles. The van der Waals surface area contributed by atoms with Crippen LogP contribution in [0.3, 0.4) is 0 Å². The summed E-state index contributed by atoms with van der Waals surface area (Å²) in [7, 11) is 0. The Labute approximate surface area is 70.2 Å². The van der Waals surface area contributed by atoms with Crippen molar-refractivity contribution in [1.29, 1.82) is 0 Å². The van der Waals surface area contributed by atoms with Crippen molar-refractivity contribution in [3.05, 3.63) is 0 Å². The van der Waals surface area contributed by atoms with E-state index in [9.17, 15) is 10.2 Å². The smallest absolute Gasteiger partial charge is 0.115 e. The third-order valence-corrected chi connectivity index (χ3v) is 2.11. The second-order valence-electron chi connectivity index (χ2n) is 3.04. The lowest BCUT2D eigenvalue weighted by molar-refractivity contribution is -0.0786. The van der Waals surface area contributed by atoms with Crippen molar-refractivity contribution in [2.75, 3.05) is 6.61 Å². The quantitative estimate of drug-likeness (QED) is 0.387. The topological polar surface area (TPSA) is 90.2 Å². The minimum atomic E-state index is -1.14. The van der Waals surface area contributed by atoms with E-state index in [0.717, 1.165) is 0 Å². The van der Waals surface area contributed by atoms with Gasteiger partial charge in [-0.1, -0.05) is 0 Å². The first-order valence-electron chi connectivity index (χ1n) is 3.88. The third-order valence-electron chi connectivity index (χ3n) is 2.11. The van der Waals surface area contributed by atoms with Crippen molar-refractivity contribution >= 4 is 0 Å². The predicted octanol–water partition coefficient (Wildman–Crippen LogP) is -2.15. The Kier molecular flexibility index (Phi) is 3.03. The summed E-state index contributed by atoms with van der Waals surface area (Å²) in [5, 5.41) is 36.2. The fraction of sp³-hybridized carbons (Fsp3) is 1.00. The lowest BCUT2D eigenvalue weighted by Gasteiger charge is -2.18. The summed E-state index contributed by atoms with van der Waals surface area (Å²) < 4.78 is 5.03. The largest absolute Gasteiger partial charge is 0.394 e. The summed E-state index contributed by atoms with van der Waals surface area (Å²) in [6, 6.07) is 0. The minimum absolute atomic E-state index is 0.485. The van der Waals surface area contributed by atoms with Crippen LogP contribution in [0.2, 0.25) is 0 Å². The van der Waals surface area contributed by atoms with Crippen LogP contribution >= 0.6 is 0 Å². The highest BCUT2D eigenvalue weighted by molar-refractivity contribution is 4.91.